The molecule has 1 aliphatic carbocycles. The van der Waals surface area contributed by atoms with Gasteiger partial charge in [0.1, 0.15) is 5.60 Å². The van der Waals surface area contributed by atoms with Gasteiger partial charge in [-0.1, -0.05) is 6.07 Å². The lowest BCUT2D eigenvalue weighted by molar-refractivity contribution is 0.0475. The van der Waals surface area contributed by atoms with Crippen molar-refractivity contribution in [2.24, 2.45) is 5.14 Å². The molecular weight excluding hydrogens is 318 g/mol. The topological polar surface area (TPSA) is 111 Å². The van der Waals surface area contributed by atoms with Crippen LogP contribution in [0.1, 0.15) is 33.6 Å². The molecule has 0 saturated heterocycles. The van der Waals surface area contributed by atoms with Gasteiger partial charge in [0.25, 0.3) is 0 Å². The number of carbonyl (C=O) groups is 1. The largest absolute Gasteiger partial charge is 0.444 e. The van der Waals surface area contributed by atoms with Gasteiger partial charge < -0.3 is 15.4 Å². The smallest absolute Gasteiger partial charge is 0.407 e. The summed E-state index contributed by atoms with van der Waals surface area (Å²) >= 11 is 0. The van der Waals surface area contributed by atoms with Crippen LogP contribution in [0.2, 0.25) is 0 Å². The first kappa shape index (κ1) is 17.6. The number of primary sulfonamides is 1. The summed E-state index contributed by atoms with van der Waals surface area (Å²) in [5.41, 5.74) is 0.178. The van der Waals surface area contributed by atoms with Crippen molar-refractivity contribution >= 4 is 21.8 Å². The number of benzene rings is 1. The minimum atomic E-state index is -3.71. The van der Waals surface area contributed by atoms with Crippen LogP contribution in [-0.4, -0.2) is 32.2 Å². The van der Waals surface area contributed by atoms with Crippen molar-refractivity contribution in [3.63, 3.8) is 0 Å². The molecule has 0 aromatic heterocycles. The average molecular weight is 341 g/mol. The van der Waals surface area contributed by atoms with E-state index in [9.17, 15) is 13.2 Å². The molecule has 2 rings (SSSR count). The van der Waals surface area contributed by atoms with Gasteiger partial charge in [0.2, 0.25) is 10.0 Å². The van der Waals surface area contributed by atoms with Gasteiger partial charge in [-0.3, -0.25) is 0 Å². The Kier molecular flexibility index (Phi) is 4.86. The Bertz CT molecular complexity index is 676. The number of nitrogens with one attached hydrogen (secondary N) is 2. The number of sulfonamides is 1. The molecule has 0 radical (unpaired) electrons. The molecule has 1 aromatic carbocycles. The number of hydrogen-bond acceptors (Lipinski definition) is 5. The second kappa shape index (κ2) is 6.37. The maximum absolute atomic E-state index is 11.6. The van der Waals surface area contributed by atoms with Crippen LogP contribution < -0.4 is 15.8 Å². The fraction of sp³-hybridized carbons (Fsp3) is 0.533. The summed E-state index contributed by atoms with van der Waals surface area (Å²) < 4.78 is 27.9. The van der Waals surface area contributed by atoms with E-state index in [0.29, 0.717) is 5.69 Å². The van der Waals surface area contributed by atoms with Gasteiger partial charge in [0, 0.05) is 17.8 Å². The van der Waals surface area contributed by atoms with Crippen LogP contribution in [0.4, 0.5) is 10.5 Å². The molecule has 0 atom stereocenters. The maximum atomic E-state index is 11.6. The number of rotatable bonds is 4. The SMILES string of the molecule is CC(C)(C)OC(=O)NC1CC(Nc2cccc(S(N)(=O)=O)c2)C1. The normalized spacial score (nSPS) is 21.2. The molecule has 1 aliphatic rings. The first-order valence-corrected chi connectivity index (χ1v) is 8.96. The molecule has 1 aromatic rings. The molecule has 23 heavy (non-hydrogen) atoms. The predicted molar refractivity (Wildman–Crippen MR) is 87.6 cm³/mol. The van der Waals surface area contributed by atoms with Gasteiger partial charge >= 0.3 is 6.09 Å². The molecule has 0 heterocycles. The molecule has 1 amide bonds. The van der Waals surface area contributed by atoms with Crippen molar-refractivity contribution in [3.05, 3.63) is 24.3 Å². The van der Waals surface area contributed by atoms with Gasteiger partial charge in [0.05, 0.1) is 4.90 Å². The molecule has 4 N–H and O–H groups in total. The van der Waals surface area contributed by atoms with Crippen LogP contribution in [-0.2, 0) is 14.8 Å². The van der Waals surface area contributed by atoms with Crippen molar-refractivity contribution < 1.29 is 17.9 Å². The van der Waals surface area contributed by atoms with Crippen molar-refractivity contribution in [2.75, 3.05) is 5.32 Å². The van der Waals surface area contributed by atoms with Crippen molar-refractivity contribution in [3.8, 4) is 0 Å². The zero-order chi connectivity index (χ0) is 17.3. The fourth-order valence-electron chi connectivity index (χ4n) is 2.33. The van der Waals surface area contributed by atoms with Crippen LogP contribution in [0.25, 0.3) is 0 Å². The number of carbonyl (C=O) groups excluding carboxylic acids is 1. The number of amides is 1. The summed E-state index contributed by atoms with van der Waals surface area (Å²) in [6, 6.07) is 6.60. The van der Waals surface area contributed by atoms with Gasteiger partial charge in [-0.25, -0.2) is 18.4 Å². The predicted octanol–water partition coefficient (Wildman–Crippen LogP) is 1.80. The third kappa shape index (κ3) is 5.40. The molecule has 1 fully saturated rings. The molecule has 0 bridgehead atoms. The fourth-order valence-corrected chi connectivity index (χ4v) is 2.89. The van der Waals surface area contributed by atoms with Crippen LogP contribution in [0.3, 0.4) is 0 Å². The van der Waals surface area contributed by atoms with Crippen LogP contribution in [0.5, 0.6) is 0 Å². The minimum Gasteiger partial charge on any atom is -0.444 e. The molecule has 0 spiro atoms. The first-order chi connectivity index (χ1) is 10.5. The average Bonchev–Trinajstić information content (AvgIpc) is 2.33. The summed E-state index contributed by atoms with van der Waals surface area (Å²) in [7, 11) is -3.71. The van der Waals surface area contributed by atoms with E-state index in [2.05, 4.69) is 10.6 Å². The zero-order valence-corrected chi connectivity index (χ0v) is 14.3. The minimum absolute atomic E-state index is 0.0590. The molecule has 0 unspecified atom stereocenters. The lowest BCUT2D eigenvalue weighted by Gasteiger charge is -2.37. The molecule has 0 aliphatic heterocycles. The highest BCUT2D eigenvalue weighted by Gasteiger charge is 2.31. The lowest BCUT2D eigenvalue weighted by atomic mass is 9.86. The number of alkyl carbamates (subject to hydrolysis) is 1. The second-order valence-electron chi connectivity index (χ2n) is 6.73. The number of hydrogen-bond donors (Lipinski definition) is 3. The summed E-state index contributed by atoms with van der Waals surface area (Å²) in [6.45, 7) is 5.45. The van der Waals surface area contributed by atoms with Crippen molar-refractivity contribution in [1.82, 2.24) is 5.32 Å². The van der Waals surface area contributed by atoms with E-state index in [4.69, 9.17) is 9.88 Å². The molecule has 128 valence electrons. The molecule has 7 nitrogen and oxygen atoms in total. The van der Waals surface area contributed by atoms with Crippen LogP contribution >= 0.6 is 0 Å². The number of anilines is 1. The summed E-state index contributed by atoms with van der Waals surface area (Å²) in [5, 5.41) is 11.2. The van der Waals surface area contributed by atoms with E-state index in [1.54, 1.807) is 12.1 Å². The van der Waals surface area contributed by atoms with E-state index < -0.39 is 21.7 Å². The third-order valence-electron chi connectivity index (χ3n) is 3.39. The third-order valence-corrected chi connectivity index (χ3v) is 4.30. The van der Waals surface area contributed by atoms with Gasteiger partial charge in [-0.2, -0.15) is 0 Å². The Morgan fingerprint density at radius 3 is 2.48 bits per heavy atom. The Balaban J connectivity index is 1.82. The molecular formula is C15H23N3O4S. The first-order valence-electron chi connectivity index (χ1n) is 7.42. The summed E-state index contributed by atoms with van der Waals surface area (Å²) in [4.78, 5) is 11.7. The van der Waals surface area contributed by atoms with Crippen LogP contribution in [0, 0.1) is 0 Å². The molecule has 1 saturated carbocycles. The Hall–Kier alpha value is -1.80. The monoisotopic (exact) mass is 341 g/mol. The van der Waals surface area contributed by atoms with Gasteiger partial charge in [-0.15, -0.1) is 0 Å². The highest BCUT2D eigenvalue weighted by molar-refractivity contribution is 7.89. The van der Waals surface area contributed by atoms with Gasteiger partial charge in [0.15, 0.2) is 0 Å². The number of nitrogens with two attached hydrogens (primary N) is 1. The van der Waals surface area contributed by atoms with E-state index >= 15 is 0 Å². The summed E-state index contributed by atoms with van der Waals surface area (Å²) in [6.07, 6.45) is 1.08. The Labute approximate surface area is 136 Å². The quantitative estimate of drug-likeness (QED) is 0.773. The van der Waals surface area contributed by atoms with Crippen molar-refractivity contribution in [2.45, 2.75) is 56.2 Å². The van der Waals surface area contributed by atoms with E-state index in [-0.39, 0.29) is 17.0 Å². The highest BCUT2D eigenvalue weighted by Crippen LogP contribution is 2.25. The Morgan fingerprint density at radius 1 is 1.26 bits per heavy atom. The maximum Gasteiger partial charge on any atom is 0.407 e. The lowest BCUT2D eigenvalue weighted by Crippen LogP contribution is -2.50. The molecule has 8 heteroatoms. The zero-order valence-electron chi connectivity index (χ0n) is 13.5. The standard InChI is InChI=1S/C15H23N3O4S/c1-15(2,3)22-14(19)18-12-7-11(8-12)17-10-5-4-6-13(9-10)23(16,20)21/h4-6,9,11-12,17H,7-8H2,1-3H3,(H,18,19)(H2,16,20,21). The summed E-state index contributed by atoms with van der Waals surface area (Å²) in [5.74, 6) is 0. The van der Waals surface area contributed by atoms with Gasteiger partial charge in [-0.05, 0) is 51.8 Å². The highest BCUT2D eigenvalue weighted by atomic mass is 32.2. The van der Waals surface area contributed by atoms with Crippen LogP contribution in [0.15, 0.2) is 29.2 Å². The Morgan fingerprint density at radius 2 is 1.91 bits per heavy atom. The van der Waals surface area contributed by atoms with Crippen molar-refractivity contribution in [1.29, 1.82) is 0 Å². The van der Waals surface area contributed by atoms with E-state index in [1.807, 2.05) is 20.8 Å². The second-order valence-corrected chi connectivity index (χ2v) is 8.29. The number of ether oxygens (including phenoxy) is 1. The van der Waals surface area contributed by atoms with E-state index in [1.165, 1.54) is 12.1 Å². The van der Waals surface area contributed by atoms with E-state index in [0.717, 1.165) is 12.8 Å².